The molecule has 0 aliphatic rings. The molecular formula is C62H123N13O8. The van der Waals surface area contributed by atoms with Gasteiger partial charge in [-0.2, -0.15) is 0 Å². The number of primary amides is 1. The normalized spacial score (nSPS) is 13.0. The summed E-state index contributed by atoms with van der Waals surface area (Å²) in [5.41, 5.74) is 34.0. The Morgan fingerprint density at radius 3 is 0.795 bits per heavy atom. The van der Waals surface area contributed by atoms with Gasteiger partial charge >= 0.3 is 0 Å². The van der Waals surface area contributed by atoms with Gasteiger partial charge in [-0.25, -0.2) is 0 Å². The van der Waals surface area contributed by atoms with Crippen molar-refractivity contribution in [2.24, 2.45) is 34.4 Å². The lowest BCUT2D eigenvalue weighted by Gasteiger charge is -2.23. The smallest absolute Gasteiger partial charge is 0.243 e. The highest BCUT2D eigenvalue weighted by Crippen LogP contribution is 2.15. The van der Waals surface area contributed by atoms with E-state index >= 15 is 0 Å². The SMILES string of the molecule is CCCCCCCCCCCC(=O)NC(CCCCN)C(=O)NC(CCCCN)C(=O)NCCCCCCCCCC(=O)NC(CCCCN)C(=O)NC(CCCCN)C(=O)NCCCCCCCCCC(=O)NC(CCCCN)C(N)=O. The number of carbonyl (C=O) groups is 8. The van der Waals surface area contributed by atoms with Crippen LogP contribution in [0.3, 0.4) is 0 Å². The fourth-order valence-corrected chi connectivity index (χ4v) is 10.0. The van der Waals surface area contributed by atoms with Gasteiger partial charge in [0.1, 0.15) is 30.2 Å². The monoisotopic (exact) mass is 1180 g/mol. The maximum Gasteiger partial charge on any atom is 0.243 e. The van der Waals surface area contributed by atoms with E-state index < -0.39 is 36.1 Å². The molecule has 0 spiro atoms. The second-order valence-corrected chi connectivity index (χ2v) is 22.9. The molecule has 0 aromatic heterocycles. The van der Waals surface area contributed by atoms with Crippen molar-refractivity contribution < 1.29 is 38.4 Å². The molecule has 5 atom stereocenters. The summed E-state index contributed by atoms with van der Waals surface area (Å²) in [6.07, 6.45) is 33.1. The fraction of sp³-hybridized carbons (Fsp3) is 0.871. The van der Waals surface area contributed by atoms with Gasteiger partial charge < -0.3 is 71.6 Å². The first-order valence-corrected chi connectivity index (χ1v) is 33.1. The van der Waals surface area contributed by atoms with E-state index in [-0.39, 0.29) is 47.8 Å². The molecule has 0 aromatic rings. The van der Waals surface area contributed by atoms with Crippen LogP contribution in [0.1, 0.15) is 270 Å². The summed E-state index contributed by atoms with van der Waals surface area (Å²) in [5.74, 6) is -2.28. The minimum Gasteiger partial charge on any atom is -0.368 e. The van der Waals surface area contributed by atoms with E-state index in [1.807, 2.05) is 0 Å². The molecule has 8 amide bonds. The number of hydrogen-bond acceptors (Lipinski definition) is 13. The molecule has 0 saturated carbocycles. The van der Waals surface area contributed by atoms with Gasteiger partial charge in [0, 0.05) is 32.4 Å². The van der Waals surface area contributed by atoms with Crippen LogP contribution in [0, 0.1) is 0 Å². The Kier molecular flexibility index (Phi) is 53.6. The van der Waals surface area contributed by atoms with E-state index in [9.17, 15) is 38.4 Å². The first-order valence-electron chi connectivity index (χ1n) is 33.1. The molecule has 484 valence electrons. The Bertz CT molecular complexity index is 1680. The standard InChI is InChI=1S/C62H123N13O8/c1-2-3-4-5-6-7-10-15-21-41-56(77)72-53(38-26-31-46-66)61(82)74-51(36-24-29-44-64)60(81)70-49-34-19-14-9-12-17-22-42-57(78)73-54(39-27-32-47-67)62(83)75-52(37-25-30-45-65)59(80)69-48-33-18-13-8-11-16-20-40-55(76)71-50(58(68)79)35-23-28-43-63/h50-54H,2-49,63-67H2,1H3,(H2,68,79)(H,69,80)(H,70,81)(H,71,76)(H,72,77)(H,73,78)(H,74,82)(H,75,83). The Morgan fingerprint density at radius 1 is 0.277 bits per heavy atom. The van der Waals surface area contributed by atoms with Crippen molar-refractivity contribution in [1.82, 2.24) is 37.2 Å². The number of rotatable bonds is 60. The Labute approximate surface area is 501 Å². The Morgan fingerprint density at radius 2 is 0.518 bits per heavy atom. The molecule has 19 N–H and O–H groups in total. The highest BCUT2D eigenvalue weighted by Gasteiger charge is 2.28. The van der Waals surface area contributed by atoms with Gasteiger partial charge in [-0.3, -0.25) is 38.4 Å². The van der Waals surface area contributed by atoms with Crippen LogP contribution < -0.4 is 71.6 Å². The minimum atomic E-state index is -0.792. The van der Waals surface area contributed by atoms with Gasteiger partial charge in [0.2, 0.25) is 47.3 Å². The first-order chi connectivity index (χ1) is 40.3. The Balaban J connectivity index is 4.86. The van der Waals surface area contributed by atoms with E-state index in [4.69, 9.17) is 34.4 Å². The van der Waals surface area contributed by atoms with E-state index in [1.165, 1.54) is 38.5 Å². The lowest BCUT2D eigenvalue weighted by Crippen LogP contribution is -2.53. The molecule has 0 saturated heterocycles. The van der Waals surface area contributed by atoms with Crippen molar-refractivity contribution >= 4 is 47.3 Å². The third-order valence-corrected chi connectivity index (χ3v) is 15.2. The number of hydrogen-bond donors (Lipinski definition) is 13. The van der Waals surface area contributed by atoms with E-state index in [0.29, 0.717) is 136 Å². The van der Waals surface area contributed by atoms with Gasteiger partial charge in [0.15, 0.2) is 0 Å². The van der Waals surface area contributed by atoms with Gasteiger partial charge in [0.25, 0.3) is 0 Å². The van der Waals surface area contributed by atoms with E-state index in [0.717, 1.165) is 128 Å². The van der Waals surface area contributed by atoms with Crippen molar-refractivity contribution in [1.29, 1.82) is 0 Å². The van der Waals surface area contributed by atoms with Crippen molar-refractivity contribution in [2.75, 3.05) is 45.8 Å². The van der Waals surface area contributed by atoms with Crippen molar-refractivity contribution in [3.8, 4) is 0 Å². The van der Waals surface area contributed by atoms with Crippen LogP contribution in [0.25, 0.3) is 0 Å². The maximum atomic E-state index is 13.7. The molecule has 0 aliphatic heterocycles. The largest absolute Gasteiger partial charge is 0.368 e. The number of nitrogens with one attached hydrogen (secondary N) is 7. The fourth-order valence-electron chi connectivity index (χ4n) is 10.0. The van der Waals surface area contributed by atoms with Gasteiger partial charge in [-0.15, -0.1) is 0 Å². The zero-order valence-corrected chi connectivity index (χ0v) is 52.1. The van der Waals surface area contributed by atoms with E-state index in [1.54, 1.807) is 0 Å². The summed E-state index contributed by atoms with van der Waals surface area (Å²) in [6, 6.07) is -3.68. The number of nitrogens with two attached hydrogens (primary N) is 6. The highest BCUT2D eigenvalue weighted by molar-refractivity contribution is 5.93. The van der Waals surface area contributed by atoms with Crippen LogP contribution in [0.4, 0.5) is 0 Å². The van der Waals surface area contributed by atoms with Gasteiger partial charge in [-0.05, 0) is 161 Å². The third-order valence-electron chi connectivity index (χ3n) is 15.2. The van der Waals surface area contributed by atoms with Crippen LogP contribution in [0.2, 0.25) is 0 Å². The molecule has 5 unspecified atom stereocenters. The van der Waals surface area contributed by atoms with Crippen molar-refractivity contribution in [3.05, 3.63) is 0 Å². The van der Waals surface area contributed by atoms with Crippen molar-refractivity contribution in [2.45, 2.75) is 300 Å². The minimum absolute atomic E-state index is 0.143. The zero-order valence-electron chi connectivity index (χ0n) is 52.1. The molecule has 83 heavy (non-hydrogen) atoms. The van der Waals surface area contributed by atoms with Crippen LogP contribution in [-0.4, -0.2) is 123 Å². The van der Waals surface area contributed by atoms with Gasteiger partial charge in [-0.1, -0.05) is 122 Å². The quantitative estimate of drug-likeness (QED) is 0.0314. The molecule has 0 fully saturated rings. The molecular weight excluding hydrogens is 1050 g/mol. The third kappa shape index (κ3) is 46.5. The molecule has 0 bridgehead atoms. The molecule has 0 heterocycles. The van der Waals surface area contributed by atoms with Crippen LogP contribution in [0.15, 0.2) is 0 Å². The number of unbranched alkanes of at least 4 members (excludes halogenated alkanes) is 25. The second kappa shape index (κ2) is 56.7. The van der Waals surface area contributed by atoms with Crippen LogP contribution >= 0.6 is 0 Å². The Hall–Kier alpha value is -4.44. The van der Waals surface area contributed by atoms with Crippen LogP contribution in [0.5, 0.6) is 0 Å². The summed E-state index contributed by atoms with van der Waals surface area (Å²) < 4.78 is 0. The van der Waals surface area contributed by atoms with Gasteiger partial charge in [0.05, 0.1) is 0 Å². The predicted molar refractivity (Wildman–Crippen MR) is 335 cm³/mol. The van der Waals surface area contributed by atoms with E-state index in [2.05, 4.69) is 44.1 Å². The number of carbonyl (C=O) groups excluding carboxylic acids is 8. The molecule has 21 heteroatoms. The average Bonchev–Trinajstić information content (AvgIpc) is 3.52. The summed E-state index contributed by atoms with van der Waals surface area (Å²) in [5, 5.41) is 20.5. The van der Waals surface area contributed by atoms with Crippen LogP contribution in [-0.2, 0) is 38.4 Å². The summed E-state index contributed by atoms with van der Waals surface area (Å²) in [7, 11) is 0. The predicted octanol–water partition coefficient (Wildman–Crippen LogP) is 5.94. The summed E-state index contributed by atoms with van der Waals surface area (Å²) in [4.78, 5) is 104. The molecule has 0 aromatic carbocycles. The number of amides is 8. The van der Waals surface area contributed by atoms with Crippen molar-refractivity contribution in [3.63, 3.8) is 0 Å². The molecule has 0 rings (SSSR count). The lowest BCUT2D eigenvalue weighted by molar-refractivity contribution is -0.132. The lowest BCUT2D eigenvalue weighted by atomic mass is 10.0. The highest BCUT2D eigenvalue weighted by atomic mass is 16.2. The molecule has 0 aliphatic carbocycles. The molecule has 0 radical (unpaired) electrons. The molecule has 21 nitrogen and oxygen atoms in total. The topological polar surface area (TPSA) is 377 Å². The summed E-state index contributed by atoms with van der Waals surface area (Å²) >= 11 is 0. The second-order valence-electron chi connectivity index (χ2n) is 22.9. The first kappa shape index (κ1) is 78.6. The summed E-state index contributed by atoms with van der Waals surface area (Å²) in [6.45, 7) is 5.62. The zero-order chi connectivity index (χ0) is 61.4. The average molecular weight is 1180 g/mol. The maximum absolute atomic E-state index is 13.7.